The number of hydrogen-bond acceptors (Lipinski definition) is 3. The highest BCUT2D eigenvalue weighted by Gasteiger charge is 2.10. The maximum Gasteiger partial charge on any atom is 0.0734 e. The molecule has 0 bridgehead atoms. The highest BCUT2D eigenvalue weighted by Crippen LogP contribution is 2.31. The molecule has 92 valence electrons. The van der Waals surface area contributed by atoms with Gasteiger partial charge in [0.15, 0.2) is 0 Å². The number of benzene rings is 1. The van der Waals surface area contributed by atoms with Crippen molar-refractivity contribution in [2.24, 2.45) is 11.7 Å². The first-order valence-corrected chi connectivity index (χ1v) is 6.81. The van der Waals surface area contributed by atoms with Crippen LogP contribution >= 0.6 is 11.3 Å². The summed E-state index contributed by atoms with van der Waals surface area (Å²) in [5.41, 5.74) is 7.07. The predicted octanol–water partition coefficient (Wildman–Crippen LogP) is 3.53. The highest BCUT2D eigenvalue weighted by atomic mass is 32.1. The monoisotopic (exact) mass is 249 g/mol. The summed E-state index contributed by atoms with van der Waals surface area (Å²) in [6.07, 6.45) is 0. The van der Waals surface area contributed by atoms with Crippen LogP contribution in [0.15, 0.2) is 24.3 Å². The lowest BCUT2D eigenvalue weighted by Gasteiger charge is -2.07. The van der Waals surface area contributed by atoms with Crippen LogP contribution in [0.5, 0.6) is 0 Å². The molecule has 0 aliphatic heterocycles. The van der Waals surface area contributed by atoms with Crippen LogP contribution in [0.4, 0.5) is 0 Å². The van der Waals surface area contributed by atoms with Crippen LogP contribution in [0.2, 0.25) is 0 Å². The third kappa shape index (κ3) is 2.86. The molecular weight excluding hydrogens is 230 g/mol. The maximum atomic E-state index is 5.80. The SMILES string of the molecule is CC(C)COCc1c(CN)sc2ccccc12. The molecule has 0 atom stereocenters. The van der Waals surface area contributed by atoms with Crippen molar-refractivity contribution in [3.05, 3.63) is 34.7 Å². The van der Waals surface area contributed by atoms with Gasteiger partial charge in [-0.3, -0.25) is 0 Å². The zero-order valence-electron chi connectivity index (χ0n) is 10.4. The lowest BCUT2D eigenvalue weighted by molar-refractivity contribution is 0.0976. The Hall–Kier alpha value is -0.900. The third-order valence-electron chi connectivity index (χ3n) is 2.66. The van der Waals surface area contributed by atoms with Gasteiger partial charge in [-0.2, -0.15) is 0 Å². The molecule has 2 N–H and O–H groups in total. The summed E-state index contributed by atoms with van der Waals surface area (Å²) in [4.78, 5) is 1.25. The van der Waals surface area contributed by atoms with Crippen molar-refractivity contribution in [1.29, 1.82) is 0 Å². The van der Waals surface area contributed by atoms with Crippen molar-refractivity contribution in [2.45, 2.75) is 27.0 Å². The second kappa shape index (κ2) is 5.63. The first-order valence-electron chi connectivity index (χ1n) is 5.99. The van der Waals surface area contributed by atoms with E-state index in [0.717, 1.165) is 6.61 Å². The van der Waals surface area contributed by atoms with E-state index in [1.165, 1.54) is 20.5 Å². The van der Waals surface area contributed by atoms with Crippen molar-refractivity contribution >= 4 is 21.4 Å². The summed E-state index contributed by atoms with van der Waals surface area (Å²) >= 11 is 1.78. The van der Waals surface area contributed by atoms with E-state index < -0.39 is 0 Å². The quantitative estimate of drug-likeness (QED) is 0.879. The maximum absolute atomic E-state index is 5.80. The summed E-state index contributed by atoms with van der Waals surface area (Å²) in [5, 5.41) is 1.29. The number of rotatable bonds is 5. The predicted molar refractivity (Wildman–Crippen MR) is 74.2 cm³/mol. The first-order chi connectivity index (χ1) is 8.22. The number of hydrogen-bond donors (Lipinski definition) is 1. The summed E-state index contributed by atoms with van der Waals surface area (Å²) in [5.74, 6) is 0.571. The number of fused-ring (bicyclic) bond motifs is 1. The van der Waals surface area contributed by atoms with Crippen molar-refractivity contribution in [3.63, 3.8) is 0 Å². The Morgan fingerprint density at radius 1 is 1.29 bits per heavy atom. The Morgan fingerprint density at radius 3 is 2.76 bits per heavy atom. The zero-order chi connectivity index (χ0) is 12.3. The van der Waals surface area contributed by atoms with Gasteiger partial charge in [0.05, 0.1) is 6.61 Å². The average molecular weight is 249 g/mol. The molecule has 1 aromatic carbocycles. The van der Waals surface area contributed by atoms with E-state index in [9.17, 15) is 0 Å². The van der Waals surface area contributed by atoms with E-state index in [1.807, 2.05) is 0 Å². The van der Waals surface area contributed by atoms with Gasteiger partial charge in [-0.05, 0) is 17.4 Å². The van der Waals surface area contributed by atoms with Crippen LogP contribution in [0.3, 0.4) is 0 Å². The van der Waals surface area contributed by atoms with Crippen LogP contribution in [0.1, 0.15) is 24.3 Å². The van der Waals surface area contributed by atoms with Gasteiger partial charge in [-0.25, -0.2) is 0 Å². The van der Waals surface area contributed by atoms with Gasteiger partial charge in [-0.1, -0.05) is 32.0 Å². The van der Waals surface area contributed by atoms with Crippen molar-refractivity contribution in [1.82, 2.24) is 0 Å². The smallest absolute Gasteiger partial charge is 0.0734 e. The Bertz CT molecular complexity index is 490. The molecule has 0 unspecified atom stereocenters. The van der Waals surface area contributed by atoms with Crippen LogP contribution in [0.25, 0.3) is 10.1 Å². The van der Waals surface area contributed by atoms with E-state index in [-0.39, 0.29) is 0 Å². The fourth-order valence-electron chi connectivity index (χ4n) is 1.87. The number of nitrogens with two attached hydrogens (primary N) is 1. The molecule has 1 aromatic heterocycles. The van der Waals surface area contributed by atoms with Gasteiger partial charge >= 0.3 is 0 Å². The van der Waals surface area contributed by atoms with Crippen LogP contribution in [0, 0.1) is 5.92 Å². The van der Waals surface area contributed by atoms with E-state index in [2.05, 4.69) is 38.1 Å². The summed E-state index contributed by atoms with van der Waals surface area (Å²) in [7, 11) is 0. The fourth-order valence-corrected chi connectivity index (χ4v) is 2.96. The first kappa shape index (κ1) is 12.6. The van der Waals surface area contributed by atoms with Crippen LogP contribution < -0.4 is 5.73 Å². The highest BCUT2D eigenvalue weighted by molar-refractivity contribution is 7.19. The Balaban J connectivity index is 2.24. The Morgan fingerprint density at radius 2 is 2.06 bits per heavy atom. The van der Waals surface area contributed by atoms with Crippen molar-refractivity contribution < 1.29 is 4.74 Å². The fraction of sp³-hybridized carbons (Fsp3) is 0.429. The molecular formula is C14H19NOS. The molecule has 0 aliphatic carbocycles. The summed E-state index contributed by atoms with van der Waals surface area (Å²) in [6.45, 7) is 6.40. The molecule has 0 amide bonds. The lowest BCUT2D eigenvalue weighted by atomic mass is 10.1. The van der Waals surface area contributed by atoms with Crippen molar-refractivity contribution in [2.75, 3.05) is 6.61 Å². The molecule has 0 spiro atoms. The van der Waals surface area contributed by atoms with E-state index in [1.54, 1.807) is 11.3 Å². The molecule has 2 aromatic rings. The van der Waals surface area contributed by atoms with Gasteiger partial charge in [-0.15, -0.1) is 11.3 Å². The second-order valence-corrected chi connectivity index (χ2v) is 5.75. The molecule has 0 saturated heterocycles. The molecule has 0 saturated carbocycles. The molecule has 0 fully saturated rings. The average Bonchev–Trinajstić information content (AvgIpc) is 2.67. The topological polar surface area (TPSA) is 35.2 Å². The van der Waals surface area contributed by atoms with Crippen molar-refractivity contribution in [3.8, 4) is 0 Å². The molecule has 0 aliphatic rings. The molecule has 2 rings (SSSR count). The Labute approximate surface area is 106 Å². The largest absolute Gasteiger partial charge is 0.376 e. The zero-order valence-corrected chi connectivity index (χ0v) is 11.2. The minimum atomic E-state index is 0.571. The normalized spacial score (nSPS) is 11.5. The van der Waals surface area contributed by atoms with Gasteiger partial charge in [0.25, 0.3) is 0 Å². The Kier molecular flexibility index (Phi) is 4.15. The molecule has 17 heavy (non-hydrogen) atoms. The van der Waals surface area contributed by atoms with E-state index in [4.69, 9.17) is 10.5 Å². The standard InChI is InChI=1S/C14H19NOS/c1-10(2)8-16-9-12-11-5-3-4-6-13(11)17-14(12)7-15/h3-6,10H,7-9,15H2,1-2H3. The summed E-state index contributed by atoms with van der Waals surface area (Å²) in [6, 6.07) is 8.43. The lowest BCUT2D eigenvalue weighted by Crippen LogP contribution is -2.04. The van der Waals surface area contributed by atoms with E-state index >= 15 is 0 Å². The van der Waals surface area contributed by atoms with Gasteiger partial charge in [0, 0.05) is 28.3 Å². The van der Waals surface area contributed by atoms with Gasteiger partial charge < -0.3 is 10.5 Å². The second-order valence-electron chi connectivity index (χ2n) is 4.61. The summed E-state index contributed by atoms with van der Waals surface area (Å²) < 4.78 is 7.04. The molecule has 3 heteroatoms. The van der Waals surface area contributed by atoms with Crippen LogP contribution in [-0.2, 0) is 17.9 Å². The van der Waals surface area contributed by atoms with E-state index in [0.29, 0.717) is 19.1 Å². The van der Waals surface area contributed by atoms with Gasteiger partial charge in [0.2, 0.25) is 0 Å². The minimum Gasteiger partial charge on any atom is -0.376 e. The molecule has 2 nitrogen and oxygen atoms in total. The third-order valence-corrected chi connectivity index (χ3v) is 3.90. The minimum absolute atomic E-state index is 0.571. The number of ether oxygens (including phenoxy) is 1. The van der Waals surface area contributed by atoms with Crippen LogP contribution in [-0.4, -0.2) is 6.61 Å². The molecule has 1 heterocycles. The van der Waals surface area contributed by atoms with Gasteiger partial charge in [0.1, 0.15) is 0 Å². The molecule has 0 radical (unpaired) electrons. The number of thiophene rings is 1.